The van der Waals surface area contributed by atoms with Crippen LogP contribution in [0, 0.1) is 0 Å². The summed E-state index contributed by atoms with van der Waals surface area (Å²) in [5.74, 6) is -1.71. The Morgan fingerprint density at radius 3 is 2.29 bits per heavy atom. The van der Waals surface area contributed by atoms with E-state index in [1.165, 1.54) is 0 Å². The zero-order chi connectivity index (χ0) is 15.7. The summed E-state index contributed by atoms with van der Waals surface area (Å²) < 4.78 is 0. The van der Waals surface area contributed by atoms with E-state index in [4.69, 9.17) is 16.7 Å². The van der Waals surface area contributed by atoms with Crippen LogP contribution in [0.5, 0.6) is 0 Å². The molecular weight excluding hydrogens is 298 g/mol. The standard InChI is InChI=1S/C13H16ClN3O4/c14-10-3-1-9(2-4-10)5-6-15-13(21)17-7-11(18)16-8-12(19)20/h1-4H,5-8H2,(H,16,18)(H,19,20)(H2,15,17,21). The second-order valence-corrected chi connectivity index (χ2v) is 4.59. The fourth-order valence-corrected chi connectivity index (χ4v) is 1.56. The lowest BCUT2D eigenvalue weighted by atomic mass is 10.1. The van der Waals surface area contributed by atoms with Gasteiger partial charge in [0.2, 0.25) is 5.91 Å². The van der Waals surface area contributed by atoms with E-state index in [1.807, 2.05) is 12.1 Å². The van der Waals surface area contributed by atoms with Gasteiger partial charge in [-0.1, -0.05) is 23.7 Å². The minimum absolute atomic E-state index is 0.278. The maximum absolute atomic E-state index is 11.4. The smallest absolute Gasteiger partial charge is 0.322 e. The summed E-state index contributed by atoms with van der Waals surface area (Å²) >= 11 is 5.76. The van der Waals surface area contributed by atoms with Crippen molar-refractivity contribution in [1.29, 1.82) is 0 Å². The Hall–Kier alpha value is -2.28. The molecule has 0 saturated carbocycles. The summed E-state index contributed by atoms with van der Waals surface area (Å²) in [6.45, 7) is -0.344. The van der Waals surface area contributed by atoms with Gasteiger partial charge in [0, 0.05) is 11.6 Å². The van der Waals surface area contributed by atoms with Crippen LogP contribution in [0.1, 0.15) is 5.56 Å². The third kappa shape index (κ3) is 7.78. The van der Waals surface area contributed by atoms with Gasteiger partial charge in [0.05, 0.1) is 6.54 Å². The number of benzene rings is 1. The molecule has 7 nitrogen and oxygen atoms in total. The van der Waals surface area contributed by atoms with E-state index in [2.05, 4.69) is 16.0 Å². The average Bonchev–Trinajstić information content (AvgIpc) is 2.45. The van der Waals surface area contributed by atoms with Crippen LogP contribution in [0.3, 0.4) is 0 Å². The molecule has 0 saturated heterocycles. The molecule has 3 amide bonds. The maximum Gasteiger partial charge on any atom is 0.322 e. The molecule has 0 unspecified atom stereocenters. The number of carboxylic acid groups (broad SMARTS) is 1. The number of urea groups is 1. The Kier molecular flexibility index (Phi) is 7.03. The summed E-state index contributed by atoms with van der Waals surface area (Å²) in [7, 11) is 0. The highest BCUT2D eigenvalue weighted by Crippen LogP contribution is 2.09. The quantitative estimate of drug-likeness (QED) is 0.584. The molecule has 1 aromatic rings. The van der Waals surface area contributed by atoms with Gasteiger partial charge in [-0.25, -0.2) is 4.79 Å². The fourth-order valence-electron chi connectivity index (χ4n) is 1.43. The average molecular weight is 314 g/mol. The molecule has 114 valence electrons. The topological polar surface area (TPSA) is 108 Å². The third-order valence-electron chi connectivity index (χ3n) is 2.46. The normalized spacial score (nSPS) is 9.76. The Bertz CT molecular complexity index is 505. The predicted octanol–water partition coefficient (Wildman–Crippen LogP) is 0.383. The highest BCUT2D eigenvalue weighted by Gasteiger charge is 2.06. The lowest BCUT2D eigenvalue weighted by Gasteiger charge is -2.07. The van der Waals surface area contributed by atoms with Crippen molar-refractivity contribution >= 4 is 29.5 Å². The SMILES string of the molecule is O=C(O)CNC(=O)CNC(=O)NCCc1ccc(Cl)cc1. The number of aliphatic carboxylic acids is 1. The number of nitrogens with one attached hydrogen (secondary N) is 3. The summed E-state index contributed by atoms with van der Waals surface area (Å²) in [4.78, 5) is 32.8. The van der Waals surface area contributed by atoms with Crippen LogP contribution in [0.2, 0.25) is 5.02 Å². The van der Waals surface area contributed by atoms with Crippen molar-refractivity contribution in [3.05, 3.63) is 34.9 Å². The third-order valence-corrected chi connectivity index (χ3v) is 2.71. The molecule has 0 aromatic heterocycles. The zero-order valence-corrected chi connectivity index (χ0v) is 11.9. The first-order valence-electron chi connectivity index (χ1n) is 6.22. The van der Waals surface area contributed by atoms with Crippen molar-refractivity contribution < 1.29 is 19.5 Å². The van der Waals surface area contributed by atoms with Gasteiger partial charge in [0.15, 0.2) is 0 Å². The first kappa shape index (κ1) is 16.8. The summed E-state index contributed by atoms with van der Waals surface area (Å²) in [6.07, 6.45) is 0.635. The van der Waals surface area contributed by atoms with Crippen LogP contribution in [-0.2, 0) is 16.0 Å². The largest absolute Gasteiger partial charge is 0.480 e. The first-order chi connectivity index (χ1) is 9.97. The molecule has 0 aliphatic carbocycles. The van der Waals surface area contributed by atoms with Crippen LogP contribution in [0.25, 0.3) is 0 Å². The van der Waals surface area contributed by atoms with Crippen molar-refractivity contribution in [3.8, 4) is 0 Å². The number of hydrogen-bond acceptors (Lipinski definition) is 3. The van der Waals surface area contributed by atoms with Crippen molar-refractivity contribution in [2.24, 2.45) is 0 Å². The number of halogens is 1. The lowest BCUT2D eigenvalue weighted by Crippen LogP contribution is -2.43. The van der Waals surface area contributed by atoms with Crippen LogP contribution in [0.15, 0.2) is 24.3 Å². The van der Waals surface area contributed by atoms with Gasteiger partial charge in [0.1, 0.15) is 6.54 Å². The van der Waals surface area contributed by atoms with Crippen molar-refractivity contribution in [3.63, 3.8) is 0 Å². The van der Waals surface area contributed by atoms with Crippen LogP contribution in [0.4, 0.5) is 4.79 Å². The molecule has 0 spiro atoms. The maximum atomic E-state index is 11.4. The molecule has 8 heteroatoms. The number of rotatable bonds is 7. The molecular formula is C13H16ClN3O4. The Balaban J connectivity index is 2.15. The highest BCUT2D eigenvalue weighted by atomic mass is 35.5. The van der Waals surface area contributed by atoms with Gasteiger partial charge in [-0.15, -0.1) is 0 Å². The second-order valence-electron chi connectivity index (χ2n) is 4.16. The summed E-state index contributed by atoms with van der Waals surface area (Å²) in [5.41, 5.74) is 1.03. The lowest BCUT2D eigenvalue weighted by molar-refractivity contribution is -0.137. The minimum atomic E-state index is -1.14. The van der Waals surface area contributed by atoms with Gasteiger partial charge >= 0.3 is 12.0 Å². The predicted molar refractivity (Wildman–Crippen MR) is 77.2 cm³/mol. The molecule has 0 aliphatic rings. The number of hydrogen-bond donors (Lipinski definition) is 4. The van der Waals surface area contributed by atoms with Crippen LogP contribution < -0.4 is 16.0 Å². The molecule has 0 atom stereocenters. The molecule has 0 heterocycles. The molecule has 0 fully saturated rings. The van der Waals surface area contributed by atoms with Gasteiger partial charge in [-0.2, -0.15) is 0 Å². The Morgan fingerprint density at radius 2 is 1.67 bits per heavy atom. The van der Waals surface area contributed by atoms with E-state index in [0.717, 1.165) is 5.56 Å². The second kappa shape index (κ2) is 8.80. The van der Waals surface area contributed by atoms with Gasteiger partial charge in [0.25, 0.3) is 0 Å². The van der Waals surface area contributed by atoms with Gasteiger partial charge < -0.3 is 21.1 Å². The van der Waals surface area contributed by atoms with E-state index in [-0.39, 0.29) is 6.54 Å². The molecule has 0 aliphatic heterocycles. The molecule has 0 radical (unpaired) electrons. The van der Waals surface area contributed by atoms with Crippen molar-refractivity contribution in [2.45, 2.75) is 6.42 Å². The monoisotopic (exact) mass is 313 g/mol. The molecule has 0 bridgehead atoms. The van der Waals surface area contributed by atoms with Crippen molar-refractivity contribution in [1.82, 2.24) is 16.0 Å². The summed E-state index contributed by atoms with van der Waals surface area (Å²) in [6, 6.07) is 6.77. The van der Waals surface area contributed by atoms with Gasteiger partial charge in [-0.05, 0) is 24.1 Å². The molecule has 1 rings (SSSR count). The Morgan fingerprint density at radius 1 is 1.00 bits per heavy atom. The minimum Gasteiger partial charge on any atom is -0.480 e. The van der Waals surface area contributed by atoms with E-state index in [0.29, 0.717) is 18.0 Å². The van der Waals surface area contributed by atoms with E-state index < -0.39 is 24.5 Å². The number of carbonyl (C=O) groups excluding carboxylic acids is 2. The zero-order valence-electron chi connectivity index (χ0n) is 11.2. The van der Waals surface area contributed by atoms with Gasteiger partial charge in [-0.3, -0.25) is 9.59 Å². The fraction of sp³-hybridized carbons (Fsp3) is 0.308. The van der Waals surface area contributed by atoms with Crippen molar-refractivity contribution in [2.75, 3.05) is 19.6 Å². The Labute approximate surface area is 126 Å². The number of carbonyl (C=O) groups is 3. The van der Waals surface area contributed by atoms with Crippen LogP contribution in [-0.4, -0.2) is 42.6 Å². The van der Waals surface area contributed by atoms with E-state index >= 15 is 0 Å². The van der Waals surface area contributed by atoms with Crippen LogP contribution >= 0.6 is 11.6 Å². The van der Waals surface area contributed by atoms with E-state index in [1.54, 1.807) is 12.1 Å². The molecule has 21 heavy (non-hydrogen) atoms. The molecule has 1 aromatic carbocycles. The van der Waals surface area contributed by atoms with E-state index in [9.17, 15) is 14.4 Å². The highest BCUT2D eigenvalue weighted by molar-refractivity contribution is 6.30. The number of amides is 3. The number of carboxylic acids is 1. The molecule has 4 N–H and O–H groups in total. The summed E-state index contributed by atoms with van der Waals surface area (Å²) in [5, 5.41) is 16.1. The first-order valence-corrected chi connectivity index (χ1v) is 6.60.